The van der Waals surface area contributed by atoms with Crippen molar-refractivity contribution in [1.29, 1.82) is 5.26 Å². The Morgan fingerprint density at radius 3 is 1.86 bits per heavy atom. The molecule has 4 nitrogen and oxygen atoms in total. The summed E-state index contributed by atoms with van der Waals surface area (Å²) in [7, 11) is -4.36. The quantitative estimate of drug-likeness (QED) is 0.167. The number of nitriles is 1. The first-order valence-corrected chi connectivity index (χ1v) is 2.38. The van der Waals surface area contributed by atoms with Crippen LogP contribution in [0.5, 0.6) is 0 Å². The van der Waals surface area contributed by atoms with Crippen molar-refractivity contribution in [2.45, 2.75) is 0 Å². The van der Waals surface area contributed by atoms with Crippen molar-refractivity contribution in [1.82, 2.24) is 0 Å². The summed E-state index contributed by atoms with van der Waals surface area (Å²) < 4.78 is 25.8. The fraction of sp³-hybridized carbons (Fsp3) is 0. The minimum atomic E-state index is -4.36. The van der Waals surface area contributed by atoms with Crippen molar-refractivity contribution in [2.75, 3.05) is 0 Å². The Balaban J connectivity index is -0.000000125. The molecule has 0 aliphatic rings. The van der Waals surface area contributed by atoms with E-state index in [2.05, 4.69) is 0 Å². The number of nitrogens with zero attached hydrogens (tertiary/aromatic N) is 1. The van der Waals surface area contributed by atoms with Crippen LogP contribution in [0.1, 0.15) is 1.43 Å². The molecule has 0 aromatic heterocycles. The van der Waals surface area contributed by atoms with Gasteiger partial charge in [-0.25, -0.2) is 0 Å². The van der Waals surface area contributed by atoms with Crippen LogP contribution in [0.4, 0.5) is 0 Å². The maximum atomic E-state index is 9.19. The molecule has 0 heterocycles. The number of rotatable bonds is 0. The largest absolute Gasteiger partial charge is 1.00 e. The molecule has 0 atom stereocenters. The third kappa shape index (κ3) is 11.0. The molecule has 0 aliphatic heterocycles. The molecule has 0 aromatic carbocycles. The molecule has 0 unspecified atom stereocenters. The van der Waals surface area contributed by atoms with Crippen molar-refractivity contribution in [2.24, 2.45) is 0 Å². The average Bonchev–Trinajstić information content (AvgIpc) is 1.35. The smallest absolute Gasteiger partial charge is 1.00 e. The summed E-state index contributed by atoms with van der Waals surface area (Å²) in [5, 5.41) is 7.95. The van der Waals surface area contributed by atoms with E-state index in [9.17, 15) is 8.42 Å². The Morgan fingerprint density at radius 2 is 1.86 bits per heavy atom. The van der Waals surface area contributed by atoms with E-state index in [-0.39, 0.29) is 52.8 Å². The predicted octanol–water partition coefficient (Wildman–Crippen LogP) is -3.53. The molecule has 0 spiro atoms. The SMILES string of the molecule is N#CS(=O)(=O)O.[H-].[K+]. The van der Waals surface area contributed by atoms with E-state index in [1.165, 1.54) is 0 Å². The third-order valence-electron chi connectivity index (χ3n) is 0.115. The molecule has 6 heteroatoms. The van der Waals surface area contributed by atoms with E-state index >= 15 is 0 Å². The standard InChI is InChI=1S/CHNO3S.K.H/c2-1-6(3,4)5;;/h(H,3,4,5);;/q;+1;-1. The second-order valence-electron chi connectivity index (χ2n) is 0.566. The Hall–Kier alpha value is 1.04. The maximum Gasteiger partial charge on any atom is 1.00 e. The van der Waals surface area contributed by atoms with Crippen molar-refractivity contribution in [3.63, 3.8) is 0 Å². The fourth-order valence-electron chi connectivity index (χ4n) is 0. The number of hydrogen-bond acceptors (Lipinski definition) is 3. The Labute approximate surface area is 85.2 Å². The van der Waals surface area contributed by atoms with Gasteiger partial charge in [-0.2, -0.15) is 13.7 Å². The van der Waals surface area contributed by atoms with Crippen LogP contribution in [0, 0.1) is 10.7 Å². The topological polar surface area (TPSA) is 78.2 Å². The Morgan fingerprint density at radius 1 is 1.71 bits per heavy atom. The van der Waals surface area contributed by atoms with Gasteiger partial charge in [-0.3, -0.25) is 4.55 Å². The van der Waals surface area contributed by atoms with Gasteiger partial charge >= 0.3 is 61.5 Å². The minimum absolute atomic E-state index is 0. The fourth-order valence-corrected chi connectivity index (χ4v) is 0. The second kappa shape index (κ2) is 3.97. The van der Waals surface area contributed by atoms with Gasteiger partial charge in [0.2, 0.25) is 5.40 Å². The molecule has 0 bridgehead atoms. The van der Waals surface area contributed by atoms with Gasteiger partial charge in [0.25, 0.3) is 0 Å². The first-order chi connectivity index (χ1) is 2.56. The molecule has 0 saturated heterocycles. The van der Waals surface area contributed by atoms with Gasteiger partial charge in [0.15, 0.2) is 0 Å². The molecule has 0 fully saturated rings. The van der Waals surface area contributed by atoms with Crippen LogP contribution in [0.15, 0.2) is 0 Å². The number of hydrogen-bond donors (Lipinski definition) is 1. The van der Waals surface area contributed by atoms with Crippen molar-refractivity contribution in [3.8, 4) is 5.40 Å². The summed E-state index contributed by atoms with van der Waals surface area (Å²) >= 11 is 0. The van der Waals surface area contributed by atoms with E-state index in [0.29, 0.717) is 5.40 Å². The van der Waals surface area contributed by atoms with Crippen LogP contribution < -0.4 is 51.4 Å². The summed E-state index contributed by atoms with van der Waals surface area (Å²) in [5.41, 5.74) is 0. The van der Waals surface area contributed by atoms with Gasteiger partial charge in [-0.05, 0) is 0 Å². The Bertz CT molecular complexity index is 168. The van der Waals surface area contributed by atoms with E-state index in [4.69, 9.17) is 9.81 Å². The van der Waals surface area contributed by atoms with Crippen LogP contribution >= 0.6 is 0 Å². The molecule has 0 radical (unpaired) electrons. The van der Waals surface area contributed by atoms with Crippen molar-refractivity contribution in [3.05, 3.63) is 0 Å². The van der Waals surface area contributed by atoms with Crippen LogP contribution in [0.25, 0.3) is 0 Å². The van der Waals surface area contributed by atoms with E-state index < -0.39 is 10.1 Å². The van der Waals surface area contributed by atoms with Gasteiger partial charge in [0.1, 0.15) is 0 Å². The molecule has 0 aliphatic carbocycles. The zero-order chi connectivity index (χ0) is 5.21. The van der Waals surface area contributed by atoms with Crippen LogP contribution in [-0.2, 0) is 10.1 Å². The predicted molar refractivity (Wildman–Crippen MR) is 18.3 cm³/mol. The first kappa shape index (κ1) is 10.9. The summed E-state index contributed by atoms with van der Waals surface area (Å²) in [6.45, 7) is 0. The zero-order valence-electron chi connectivity index (χ0n) is 4.62. The zero-order valence-corrected chi connectivity index (χ0v) is 7.56. The van der Waals surface area contributed by atoms with E-state index in [1.54, 1.807) is 0 Å². The maximum absolute atomic E-state index is 9.19. The summed E-state index contributed by atoms with van der Waals surface area (Å²) in [4.78, 5) is 0. The van der Waals surface area contributed by atoms with E-state index in [0.717, 1.165) is 0 Å². The molecular formula is CH2KNO3S. The second-order valence-corrected chi connectivity index (χ2v) is 1.70. The molecular weight excluding hydrogens is 145 g/mol. The van der Waals surface area contributed by atoms with Gasteiger partial charge in [0, 0.05) is 0 Å². The normalized spacial score (nSPS) is 8.57. The van der Waals surface area contributed by atoms with Gasteiger partial charge in [-0.15, -0.1) is 0 Å². The minimum Gasteiger partial charge on any atom is -1.00 e. The summed E-state index contributed by atoms with van der Waals surface area (Å²) in [5.74, 6) is 0. The van der Waals surface area contributed by atoms with Crippen LogP contribution in [0.3, 0.4) is 0 Å². The molecule has 0 saturated carbocycles. The molecule has 0 amide bonds. The first-order valence-electron chi connectivity index (χ1n) is 0.944. The van der Waals surface area contributed by atoms with Crippen LogP contribution in [0.2, 0.25) is 0 Å². The van der Waals surface area contributed by atoms with E-state index in [1.807, 2.05) is 0 Å². The molecule has 7 heavy (non-hydrogen) atoms. The summed E-state index contributed by atoms with van der Waals surface area (Å²) in [6.07, 6.45) is 0. The molecule has 1 N–H and O–H groups in total. The monoisotopic (exact) mass is 147 g/mol. The van der Waals surface area contributed by atoms with Gasteiger partial charge in [0.05, 0.1) is 0 Å². The van der Waals surface area contributed by atoms with Crippen LogP contribution in [-0.4, -0.2) is 13.0 Å². The summed E-state index contributed by atoms with van der Waals surface area (Å²) in [6, 6.07) is 0. The number of thiocyanates is 1. The Kier molecular flexibility index (Phi) is 6.19. The third-order valence-corrected chi connectivity index (χ3v) is 0.346. The van der Waals surface area contributed by atoms with Gasteiger partial charge < -0.3 is 1.43 Å². The van der Waals surface area contributed by atoms with Crippen molar-refractivity contribution >= 4 is 10.1 Å². The molecule has 0 aromatic rings. The molecule has 0 rings (SSSR count). The van der Waals surface area contributed by atoms with Crippen molar-refractivity contribution < 1.29 is 65.8 Å². The average molecular weight is 147 g/mol. The van der Waals surface area contributed by atoms with Gasteiger partial charge in [-0.1, -0.05) is 0 Å². The molecule has 36 valence electrons.